The van der Waals surface area contributed by atoms with Gasteiger partial charge >= 0.3 is 0 Å². The van der Waals surface area contributed by atoms with Crippen molar-refractivity contribution in [1.29, 1.82) is 0 Å². The number of carbonyl (C=O) groups excluding carboxylic acids is 2. The molecule has 0 bridgehead atoms. The fourth-order valence-electron chi connectivity index (χ4n) is 2.74. The second-order valence-electron chi connectivity index (χ2n) is 6.54. The molecule has 2 N–H and O–H groups in total. The Labute approximate surface area is 210 Å². The Morgan fingerprint density at radius 1 is 1.15 bits per heavy atom. The van der Waals surface area contributed by atoms with E-state index < -0.39 is 17.5 Å². The van der Waals surface area contributed by atoms with Crippen LogP contribution < -0.4 is 10.6 Å². The van der Waals surface area contributed by atoms with Crippen LogP contribution in [-0.4, -0.2) is 32.3 Å². The zero-order valence-corrected chi connectivity index (χ0v) is 20.9. The first-order chi connectivity index (χ1) is 15.7. The van der Waals surface area contributed by atoms with Gasteiger partial charge < -0.3 is 15.2 Å². The van der Waals surface area contributed by atoms with Crippen LogP contribution in [-0.2, 0) is 17.9 Å². The van der Waals surface area contributed by atoms with Crippen LogP contribution in [0.3, 0.4) is 0 Å². The minimum atomic E-state index is -0.892. The van der Waals surface area contributed by atoms with Gasteiger partial charge in [0.05, 0.1) is 28.0 Å². The normalized spacial score (nSPS) is 10.8. The van der Waals surface area contributed by atoms with E-state index in [0.29, 0.717) is 34.2 Å². The summed E-state index contributed by atoms with van der Waals surface area (Å²) in [5, 5.41) is 14.3. The van der Waals surface area contributed by atoms with Crippen molar-refractivity contribution in [3.63, 3.8) is 0 Å². The van der Waals surface area contributed by atoms with Crippen LogP contribution in [0.5, 0.6) is 0 Å². The molecule has 0 aliphatic heterocycles. The number of carbonyl (C=O) groups is 2. The van der Waals surface area contributed by atoms with Gasteiger partial charge in [-0.15, -0.1) is 10.2 Å². The lowest BCUT2D eigenvalue weighted by Gasteiger charge is -2.10. The second-order valence-corrected chi connectivity index (χ2v) is 9.15. The predicted molar refractivity (Wildman–Crippen MR) is 127 cm³/mol. The minimum Gasteiger partial charge on any atom is -0.345 e. The first kappa shape index (κ1) is 25.4. The first-order valence-electron chi connectivity index (χ1n) is 9.42. The van der Waals surface area contributed by atoms with Crippen LogP contribution in [0.4, 0.5) is 14.5 Å². The van der Waals surface area contributed by atoms with Crippen LogP contribution in [0.1, 0.15) is 23.1 Å². The maximum atomic E-state index is 13.9. The van der Waals surface area contributed by atoms with Crippen molar-refractivity contribution in [2.24, 2.45) is 0 Å². The van der Waals surface area contributed by atoms with Crippen LogP contribution >= 0.6 is 50.9 Å². The van der Waals surface area contributed by atoms with Crippen LogP contribution in [0.2, 0.25) is 10.0 Å². The molecule has 13 heteroatoms. The molecular weight excluding hydrogens is 563 g/mol. The van der Waals surface area contributed by atoms with Crippen molar-refractivity contribution in [3.8, 4) is 0 Å². The van der Waals surface area contributed by atoms with E-state index >= 15 is 0 Å². The third-order valence-electron chi connectivity index (χ3n) is 4.30. The smallest absolute Gasteiger partial charge is 0.251 e. The molecule has 0 spiro atoms. The molecule has 1 aromatic heterocycles. The van der Waals surface area contributed by atoms with E-state index in [1.54, 1.807) is 10.6 Å². The molecule has 0 radical (unpaired) electrons. The number of rotatable bonds is 8. The highest BCUT2D eigenvalue weighted by Crippen LogP contribution is 2.27. The molecule has 2 amide bonds. The Morgan fingerprint density at radius 2 is 1.91 bits per heavy atom. The molecule has 0 unspecified atom stereocenters. The molecule has 0 aliphatic carbocycles. The van der Waals surface area contributed by atoms with Gasteiger partial charge in [0, 0.05) is 22.6 Å². The highest BCUT2D eigenvalue weighted by Gasteiger charge is 2.17. The molecule has 7 nitrogen and oxygen atoms in total. The predicted octanol–water partition coefficient (Wildman–Crippen LogP) is 5.31. The van der Waals surface area contributed by atoms with Crippen LogP contribution in [0.25, 0.3) is 0 Å². The number of thioether (sulfide) groups is 1. The third kappa shape index (κ3) is 6.44. The molecule has 174 valence electrons. The number of halogens is 5. The number of anilines is 1. The van der Waals surface area contributed by atoms with Gasteiger partial charge in [-0.1, -0.05) is 35.0 Å². The van der Waals surface area contributed by atoms with E-state index in [4.69, 9.17) is 23.2 Å². The summed E-state index contributed by atoms with van der Waals surface area (Å²) in [5.41, 5.74) is 0.196. The third-order valence-corrected chi connectivity index (χ3v) is 6.63. The summed E-state index contributed by atoms with van der Waals surface area (Å²) < 4.78 is 28.9. The van der Waals surface area contributed by atoms with Gasteiger partial charge in [0.25, 0.3) is 5.91 Å². The lowest BCUT2D eigenvalue weighted by atomic mass is 10.2. The van der Waals surface area contributed by atoms with Crippen molar-refractivity contribution in [2.75, 3.05) is 11.1 Å². The van der Waals surface area contributed by atoms with Crippen molar-refractivity contribution in [3.05, 3.63) is 67.9 Å². The van der Waals surface area contributed by atoms with Gasteiger partial charge in [0.15, 0.2) is 16.8 Å². The van der Waals surface area contributed by atoms with E-state index in [2.05, 4.69) is 36.8 Å². The number of benzene rings is 2. The van der Waals surface area contributed by atoms with Crippen LogP contribution in [0.15, 0.2) is 40.0 Å². The summed E-state index contributed by atoms with van der Waals surface area (Å²) in [6.45, 7) is 2.45. The molecule has 1 heterocycles. The number of amides is 2. The maximum absolute atomic E-state index is 13.9. The molecule has 0 saturated carbocycles. The fraction of sp³-hybridized carbons (Fsp3) is 0.200. The van der Waals surface area contributed by atoms with Gasteiger partial charge in [0.2, 0.25) is 5.91 Å². The Hall–Kier alpha value is -2.21. The summed E-state index contributed by atoms with van der Waals surface area (Å²) in [6.07, 6.45) is 0. The van der Waals surface area contributed by atoms with E-state index in [1.165, 1.54) is 12.1 Å². The lowest BCUT2D eigenvalue weighted by Crippen LogP contribution is -2.24. The average molecular weight is 579 g/mol. The molecule has 0 aliphatic rings. The maximum Gasteiger partial charge on any atom is 0.251 e. The Morgan fingerprint density at radius 3 is 2.58 bits per heavy atom. The summed E-state index contributed by atoms with van der Waals surface area (Å²) >= 11 is 15.9. The molecule has 2 aromatic carbocycles. The average Bonchev–Trinajstić information content (AvgIpc) is 3.16. The van der Waals surface area contributed by atoms with Crippen molar-refractivity contribution < 1.29 is 18.4 Å². The van der Waals surface area contributed by atoms with E-state index in [1.807, 2.05) is 6.92 Å². The first-order valence-corrected chi connectivity index (χ1v) is 12.0. The number of hydrogen-bond donors (Lipinski definition) is 2. The number of nitrogens with zero attached hydrogens (tertiary/aromatic N) is 3. The van der Waals surface area contributed by atoms with E-state index in [-0.39, 0.29) is 33.4 Å². The number of hydrogen-bond acceptors (Lipinski definition) is 5. The summed E-state index contributed by atoms with van der Waals surface area (Å²) in [7, 11) is 0. The summed E-state index contributed by atoms with van der Waals surface area (Å²) in [4.78, 5) is 24.6. The number of nitrogens with one attached hydrogen (secondary N) is 2. The van der Waals surface area contributed by atoms with E-state index in [9.17, 15) is 18.4 Å². The summed E-state index contributed by atoms with van der Waals surface area (Å²) in [5.74, 6) is -2.12. The molecular formula is C20H16BrCl2F2N5O2S. The standard InChI is InChI=1S/C20H16BrCl2F2N5O2S/c1-2-30-16(8-26-19(32)10-3-4-13(22)14(23)5-10)28-29-20(30)33-9-17(31)27-18-12(21)6-11(24)7-15(18)25/h3-7H,2,8-9H2,1H3,(H,26,32)(H,27,31). The van der Waals surface area contributed by atoms with Crippen molar-refractivity contribution in [2.45, 2.75) is 25.2 Å². The van der Waals surface area contributed by atoms with Crippen molar-refractivity contribution in [1.82, 2.24) is 20.1 Å². The van der Waals surface area contributed by atoms with Gasteiger partial charge in [-0.3, -0.25) is 9.59 Å². The largest absolute Gasteiger partial charge is 0.345 e. The van der Waals surface area contributed by atoms with E-state index in [0.717, 1.165) is 17.8 Å². The molecule has 0 saturated heterocycles. The van der Waals surface area contributed by atoms with Gasteiger partial charge in [-0.25, -0.2) is 8.78 Å². The Balaban J connectivity index is 1.60. The molecule has 3 aromatic rings. The fourth-order valence-corrected chi connectivity index (χ4v) is 4.37. The van der Waals surface area contributed by atoms with Gasteiger partial charge in [0.1, 0.15) is 5.82 Å². The van der Waals surface area contributed by atoms with Gasteiger partial charge in [-0.05, 0) is 47.1 Å². The van der Waals surface area contributed by atoms with Gasteiger partial charge in [-0.2, -0.15) is 0 Å². The lowest BCUT2D eigenvalue weighted by molar-refractivity contribution is -0.113. The minimum absolute atomic E-state index is 0.0863. The highest BCUT2D eigenvalue weighted by atomic mass is 79.9. The monoisotopic (exact) mass is 577 g/mol. The zero-order valence-electron chi connectivity index (χ0n) is 17.0. The summed E-state index contributed by atoms with van der Waals surface area (Å²) in [6, 6.07) is 6.28. The zero-order chi connectivity index (χ0) is 24.1. The molecule has 0 fully saturated rings. The SMILES string of the molecule is CCn1c(CNC(=O)c2ccc(Cl)c(Cl)c2)nnc1SCC(=O)Nc1c(F)cc(F)cc1Br. The molecule has 0 atom stereocenters. The Kier molecular flexibility index (Phi) is 8.69. The molecule has 33 heavy (non-hydrogen) atoms. The number of aromatic nitrogens is 3. The quantitative estimate of drug-likeness (QED) is 0.354. The topological polar surface area (TPSA) is 88.9 Å². The van der Waals surface area contributed by atoms with Crippen molar-refractivity contribution >= 4 is 68.4 Å². The highest BCUT2D eigenvalue weighted by molar-refractivity contribution is 9.10. The molecule has 3 rings (SSSR count). The Bertz CT molecular complexity index is 1190. The van der Waals surface area contributed by atoms with Crippen LogP contribution in [0, 0.1) is 11.6 Å². The second kappa shape index (κ2) is 11.3.